The Morgan fingerprint density at radius 2 is 1.89 bits per heavy atom. The molecular weight excluding hydrogens is 350 g/mol. The van der Waals surface area contributed by atoms with Gasteiger partial charge in [0.2, 0.25) is 11.9 Å². The van der Waals surface area contributed by atoms with E-state index in [2.05, 4.69) is 43.9 Å². The number of hydrogen-bond donors (Lipinski definition) is 1. The lowest BCUT2D eigenvalue weighted by Crippen LogP contribution is -2.17. The third kappa shape index (κ3) is 3.91. The van der Waals surface area contributed by atoms with E-state index in [1.807, 2.05) is 42.5 Å². The molecule has 0 radical (unpaired) electrons. The highest BCUT2D eigenvalue weighted by molar-refractivity contribution is 5.91. The average molecular weight is 371 g/mol. The Morgan fingerprint density at radius 1 is 1.07 bits per heavy atom. The molecule has 2 heterocycles. The Kier molecular flexibility index (Phi) is 5.10. The standard InChI is InChI=1S/C22H21N5O/c1-16-6-2-3-7-17(16)14-27-20-9-5-4-8-19(20)25-22(27)26-21(28)11-10-18-12-13-23-15-24-18/h2-9,12-13,15H,10-11,14H2,1H3,(H,25,26,28). The van der Waals surface area contributed by atoms with Gasteiger partial charge in [0.1, 0.15) is 6.33 Å². The van der Waals surface area contributed by atoms with Crippen molar-refractivity contribution in [3.05, 3.63) is 83.9 Å². The fraction of sp³-hybridized carbons (Fsp3) is 0.182. The van der Waals surface area contributed by atoms with Gasteiger partial charge >= 0.3 is 0 Å². The highest BCUT2D eigenvalue weighted by Gasteiger charge is 2.14. The molecule has 0 aliphatic heterocycles. The first-order valence-electron chi connectivity index (χ1n) is 9.25. The monoisotopic (exact) mass is 371 g/mol. The predicted molar refractivity (Wildman–Crippen MR) is 109 cm³/mol. The molecule has 4 aromatic rings. The number of aryl methyl sites for hydroxylation is 2. The SMILES string of the molecule is Cc1ccccc1Cn1c(NC(=O)CCc2ccncn2)nc2ccccc21. The number of carbonyl (C=O) groups excluding carboxylic acids is 1. The normalized spacial score (nSPS) is 10.9. The molecule has 6 heteroatoms. The first-order valence-corrected chi connectivity index (χ1v) is 9.25. The van der Waals surface area contributed by atoms with Crippen LogP contribution in [0.3, 0.4) is 0 Å². The maximum Gasteiger partial charge on any atom is 0.227 e. The van der Waals surface area contributed by atoms with Crippen LogP contribution in [0.5, 0.6) is 0 Å². The fourth-order valence-electron chi connectivity index (χ4n) is 3.18. The minimum absolute atomic E-state index is 0.0834. The van der Waals surface area contributed by atoms with Crippen LogP contribution in [0.2, 0.25) is 0 Å². The van der Waals surface area contributed by atoms with Crippen LogP contribution in [-0.2, 0) is 17.8 Å². The van der Waals surface area contributed by atoms with Gasteiger partial charge in [0, 0.05) is 18.3 Å². The predicted octanol–water partition coefficient (Wildman–Crippen LogP) is 3.75. The van der Waals surface area contributed by atoms with Crippen molar-refractivity contribution in [3.63, 3.8) is 0 Å². The van der Waals surface area contributed by atoms with Crippen LogP contribution in [0.1, 0.15) is 23.2 Å². The maximum atomic E-state index is 12.5. The van der Waals surface area contributed by atoms with Crippen LogP contribution in [0.4, 0.5) is 5.95 Å². The van der Waals surface area contributed by atoms with Gasteiger partial charge in [-0.25, -0.2) is 15.0 Å². The quantitative estimate of drug-likeness (QED) is 0.560. The third-order valence-electron chi connectivity index (χ3n) is 4.75. The summed E-state index contributed by atoms with van der Waals surface area (Å²) >= 11 is 0. The molecular formula is C22H21N5O. The summed E-state index contributed by atoms with van der Waals surface area (Å²) in [6, 6.07) is 18.0. The van der Waals surface area contributed by atoms with Gasteiger partial charge in [-0.2, -0.15) is 0 Å². The van der Waals surface area contributed by atoms with E-state index in [1.165, 1.54) is 17.5 Å². The van der Waals surface area contributed by atoms with Crippen molar-refractivity contribution in [1.82, 2.24) is 19.5 Å². The van der Waals surface area contributed by atoms with Crippen molar-refractivity contribution in [2.24, 2.45) is 0 Å². The highest BCUT2D eigenvalue weighted by atomic mass is 16.1. The molecule has 2 aromatic carbocycles. The number of carbonyl (C=O) groups is 1. The van der Waals surface area contributed by atoms with E-state index < -0.39 is 0 Å². The number of amides is 1. The summed E-state index contributed by atoms with van der Waals surface area (Å²) < 4.78 is 2.06. The van der Waals surface area contributed by atoms with Crippen molar-refractivity contribution >= 4 is 22.9 Å². The molecule has 4 rings (SSSR count). The number of imidazole rings is 1. The zero-order chi connectivity index (χ0) is 19.3. The number of para-hydroxylation sites is 2. The van der Waals surface area contributed by atoms with Gasteiger partial charge in [-0.05, 0) is 42.7 Å². The van der Waals surface area contributed by atoms with E-state index in [-0.39, 0.29) is 5.91 Å². The number of nitrogens with zero attached hydrogens (tertiary/aromatic N) is 4. The topological polar surface area (TPSA) is 72.7 Å². The van der Waals surface area contributed by atoms with Crippen molar-refractivity contribution in [3.8, 4) is 0 Å². The summed E-state index contributed by atoms with van der Waals surface area (Å²) in [5.74, 6) is 0.483. The molecule has 1 N–H and O–H groups in total. The number of hydrogen-bond acceptors (Lipinski definition) is 4. The van der Waals surface area contributed by atoms with Gasteiger partial charge < -0.3 is 4.57 Å². The Morgan fingerprint density at radius 3 is 2.71 bits per heavy atom. The second-order valence-corrected chi connectivity index (χ2v) is 6.69. The molecule has 0 spiro atoms. The molecule has 1 amide bonds. The number of nitrogens with one attached hydrogen (secondary N) is 1. The van der Waals surface area contributed by atoms with Crippen LogP contribution in [0.25, 0.3) is 11.0 Å². The molecule has 0 bridgehead atoms. The van der Waals surface area contributed by atoms with E-state index in [0.717, 1.165) is 16.7 Å². The molecule has 6 nitrogen and oxygen atoms in total. The minimum Gasteiger partial charge on any atom is -0.305 e. The van der Waals surface area contributed by atoms with Gasteiger partial charge in [0.25, 0.3) is 0 Å². The van der Waals surface area contributed by atoms with Crippen LogP contribution in [-0.4, -0.2) is 25.4 Å². The second kappa shape index (κ2) is 8.00. The Hall–Kier alpha value is -3.54. The summed E-state index contributed by atoms with van der Waals surface area (Å²) in [6.07, 6.45) is 4.08. The molecule has 2 aromatic heterocycles. The first kappa shape index (κ1) is 17.9. The van der Waals surface area contributed by atoms with Crippen molar-refractivity contribution in [2.75, 3.05) is 5.32 Å². The number of anilines is 1. The maximum absolute atomic E-state index is 12.5. The smallest absolute Gasteiger partial charge is 0.227 e. The van der Waals surface area contributed by atoms with Crippen LogP contribution in [0, 0.1) is 6.92 Å². The molecule has 28 heavy (non-hydrogen) atoms. The van der Waals surface area contributed by atoms with Gasteiger partial charge in [-0.1, -0.05) is 36.4 Å². The molecule has 0 atom stereocenters. The lowest BCUT2D eigenvalue weighted by atomic mass is 10.1. The van der Waals surface area contributed by atoms with Gasteiger partial charge in [0.05, 0.1) is 17.6 Å². The number of fused-ring (bicyclic) bond motifs is 1. The Labute approximate surface area is 163 Å². The zero-order valence-electron chi connectivity index (χ0n) is 15.7. The van der Waals surface area contributed by atoms with E-state index in [0.29, 0.717) is 25.3 Å². The van der Waals surface area contributed by atoms with Crippen LogP contribution >= 0.6 is 0 Å². The zero-order valence-corrected chi connectivity index (χ0v) is 15.7. The first-order chi connectivity index (χ1) is 13.7. The van der Waals surface area contributed by atoms with Crippen molar-refractivity contribution in [2.45, 2.75) is 26.3 Å². The molecule has 0 saturated carbocycles. The summed E-state index contributed by atoms with van der Waals surface area (Å²) in [4.78, 5) is 25.2. The lowest BCUT2D eigenvalue weighted by molar-refractivity contribution is -0.116. The highest BCUT2D eigenvalue weighted by Crippen LogP contribution is 2.22. The van der Waals surface area contributed by atoms with E-state index in [9.17, 15) is 4.79 Å². The van der Waals surface area contributed by atoms with Gasteiger partial charge in [0.15, 0.2) is 0 Å². The number of benzene rings is 2. The van der Waals surface area contributed by atoms with Crippen molar-refractivity contribution in [1.29, 1.82) is 0 Å². The second-order valence-electron chi connectivity index (χ2n) is 6.69. The van der Waals surface area contributed by atoms with Crippen LogP contribution in [0.15, 0.2) is 67.1 Å². The number of aromatic nitrogens is 4. The summed E-state index contributed by atoms with van der Waals surface area (Å²) in [5.41, 5.74) is 5.11. The molecule has 0 unspecified atom stereocenters. The largest absolute Gasteiger partial charge is 0.305 e. The molecule has 0 aliphatic carbocycles. The van der Waals surface area contributed by atoms with Gasteiger partial charge in [-0.3, -0.25) is 10.1 Å². The summed E-state index contributed by atoms with van der Waals surface area (Å²) in [6.45, 7) is 2.74. The molecule has 0 fully saturated rings. The average Bonchev–Trinajstić information content (AvgIpc) is 3.06. The molecule has 140 valence electrons. The minimum atomic E-state index is -0.0834. The molecule has 0 aliphatic rings. The molecule has 0 saturated heterocycles. The van der Waals surface area contributed by atoms with E-state index in [4.69, 9.17) is 0 Å². The Bertz CT molecular complexity index is 1100. The Balaban J connectivity index is 1.57. The third-order valence-corrected chi connectivity index (χ3v) is 4.75. The lowest BCUT2D eigenvalue weighted by Gasteiger charge is -2.12. The van der Waals surface area contributed by atoms with Crippen molar-refractivity contribution < 1.29 is 4.79 Å². The van der Waals surface area contributed by atoms with E-state index >= 15 is 0 Å². The van der Waals surface area contributed by atoms with Crippen LogP contribution < -0.4 is 5.32 Å². The summed E-state index contributed by atoms with van der Waals surface area (Å²) in [5, 5.41) is 2.98. The summed E-state index contributed by atoms with van der Waals surface area (Å²) in [7, 11) is 0. The van der Waals surface area contributed by atoms with E-state index in [1.54, 1.807) is 6.20 Å². The number of rotatable bonds is 6. The fourth-order valence-corrected chi connectivity index (χ4v) is 3.18. The van der Waals surface area contributed by atoms with Gasteiger partial charge in [-0.15, -0.1) is 0 Å².